The molecule has 0 aliphatic carbocycles. The van der Waals surface area contributed by atoms with Gasteiger partial charge in [0.1, 0.15) is 0 Å². The molecular weight excluding hydrogens is 356 g/mol. The Morgan fingerprint density at radius 1 is 1.19 bits per heavy atom. The van der Waals surface area contributed by atoms with Gasteiger partial charge in [0.25, 0.3) is 0 Å². The lowest BCUT2D eigenvalue weighted by molar-refractivity contribution is -0.163. The zero-order valence-electron chi connectivity index (χ0n) is 12.7. The van der Waals surface area contributed by atoms with Crippen molar-refractivity contribution in [3.8, 4) is 0 Å². The van der Waals surface area contributed by atoms with Gasteiger partial charge >= 0.3 is 0 Å². The van der Waals surface area contributed by atoms with Crippen molar-refractivity contribution in [1.29, 1.82) is 0 Å². The summed E-state index contributed by atoms with van der Waals surface area (Å²) in [6.07, 6.45) is 0. The van der Waals surface area contributed by atoms with Crippen LogP contribution in [0.5, 0.6) is 0 Å². The van der Waals surface area contributed by atoms with Crippen molar-refractivity contribution in [3.05, 3.63) is 22.7 Å². The third kappa shape index (κ3) is 3.59. The summed E-state index contributed by atoms with van der Waals surface area (Å²) < 4.78 is 33.7. The fraction of sp³-hybridized carbons (Fsp3) is 0.571. The van der Waals surface area contributed by atoms with Crippen molar-refractivity contribution < 1.29 is 13.2 Å². The molecule has 2 rings (SSSR count). The van der Waals surface area contributed by atoms with Crippen LogP contribution in [-0.2, 0) is 14.8 Å². The highest BCUT2D eigenvalue weighted by molar-refractivity contribution is 9.10. The number of nitrogens with two attached hydrogens (primary N) is 1. The van der Waals surface area contributed by atoms with Gasteiger partial charge in [-0.25, -0.2) is 8.42 Å². The summed E-state index contributed by atoms with van der Waals surface area (Å²) >= 11 is 3.27. The van der Waals surface area contributed by atoms with Crippen LogP contribution >= 0.6 is 15.9 Å². The van der Waals surface area contributed by atoms with E-state index in [1.54, 1.807) is 12.1 Å². The number of halogens is 1. The van der Waals surface area contributed by atoms with Crippen LogP contribution in [0.1, 0.15) is 27.7 Å². The minimum absolute atomic E-state index is 0.233. The topological polar surface area (TPSA) is 72.6 Å². The highest BCUT2D eigenvalue weighted by Gasteiger charge is 2.43. The zero-order valence-corrected chi connectivity index (χ0v) is 15.1. The maximum atomic E-state index is 12.8. The number of rotatable bonds is 2. The van der Waals surface area contributed by atoms with E-state index in [-0.39, 0.29) is 4.90 Å². The fourth-order valence-electron chi connectivity index (χ4n) is 2.71. The molecule has 0 spiro atoms. The third-order valence-corrected chi connectivity index (χ3v) is 5.75. The van der Waals surface area contributed by atoms with Gasteiger partial charge in [-0.15, -0.1) is 0 Å². The second-order valence-electron chi connectivity index (χ2n) is 6.58. The van der Waals surface area contributed by atoms with E-state index in [2.05, 4.69) is 15.9 Å². The van der Waals surface area contributed by atoms with Crippen LogP contribution in [0.25, 0.3) is 0 Å². The van der Waals surface area contributed by atoms with E-state index in [1.807, 2.05) is 27.7 Å². The minimum atomic E-state index is -3.58. The van der Waals surface area contributed by atoms with Crippen molar-refractivity contribution in [2.24, 2.45) is 0 Å². The Kier molecular flexibility index (Phi) is 4.16. The fourth-order valence-corrected chi connectivity index (χ4v) is 5.00. The van der Waals surface area contributed by atoms with E-state index in [9.17, 15) is 8.42 Å². The van der Waals surface area contributed by atoms with Crippen LogP contribution in [0.4, 0.5) is 5.69 Å². The molecule has 0 atom stereocenters. The first-order chi connectivity index (χ1) is 9.43. The quantitative estimate of drug-likeness (QED) is 0.805. The van der Waals surface area contributed by atoms with Crippen LogP contribution in [0.3, 0.4) is 0 Å². The van der Waals surface area contributed by atoms with Crippen molar-refractivity contribution >= 4 is 31.6 Å². The van der Waals surface area contributed by atoms with Crippen molar-refractivity contribution in [1.82, 2.24) is 4.31 Å². The van der Waals surface area contributed by atoms with Crippen molar-refractivity contribution in [3.63, 3.8) is 0 Å². The van der Waals surface area contributed by atoms with Crippen LogP contribution in [0.15, 0.2) is 27.6 Å². The minimum Gasteiger partial charge on any atom is -0.398 e. The van der Waals surface area contributed by atoms with Crippen molar-refractivity contribution in [2.75, 3.05) is 18.8 Å². The van der Waals surface area contributed by atoms with Gasteiger partial charge in [-0.05, 0) is 61.8 Å². The van der Waals surface area contributed by atoms with Crippen LogP contribution in [0, 0.1) is 0 Å². The molecule has 1 heterocycles. The van der Waals surface area contributed by atoms with E-state index in [1.165, 1.54) is 10.4 Å². The van der Waals surface area contributed by atoms with E-state index in [0.717, 1.165) is 0 Å². The molecule has 0 bridgehead atoms. The molecule has 5 nitrogen and oxygen atoms in total. The number of sulfonamides is 1. The highest BCUT2D eigenvalue weighted by Crippen LogP contribution is 2.33. The second-order valence-corrected chi connectivity index (χ2v) is 9.37. The average molecular weight is 377 g/mol. The van der Waals surface area contributed by atoms with Gasteiger partial charge in [-0.2, -0.15) is 4.31 Å². The third-order valence-electron chi connectivity index (χ3n) is 3.28. The Bertz CT molecular complexity index is 640. The van der Waals surface area contributed by atoms with Gasteiger partial charge in [0.05, 0.1) is 16.1 Å². The van der Waals surface area contributed by atoms with Gasteiger partial charge in [-0.3, -0.25) is 0 Å². The van der Waals surface area contributed by atoms with Crippen molar-refractivity contribution in [2.45, 2.75) is 43.8 Å². The van der Waals surface area contributed by atoms with Gasteiger partial charge in [0.15, 0.2) is 0 Å². The second kappa shape index (κ2) is 5.22. The lowest BCUT2D eigenvalue weighted by Crippen LogP contribution is -2.58. The standard InChI is InChI=1S/C14H21BrN2O3S/c1-13(2)8-17(9-14(3,4)20-13)21(18,19)10-5-6-12(16)11(15)7-10/h5-7H,8-9,16H2,1-4H3. The summed E-state index contributed by atoms with van der Waals surface area (Å²) in [5.74, 6) is 0. The zero-order chi connectivity index (χ0) is 16.1. The number of anilines is 1. The van der Waals surface area contributed by atoms with E-state index >= 15 is 0 Å². The molecule has 118 valence electrons. The number of morpholine rings is 1. The number of ether oxygens (including phenoxy) is 1. The summed E-state index contributed by atoms with van der Waals surface area (Å²) in [4.78, 5) is 0.233. The van der Waals surface area contributed by atoms with Crippen LogP contribution in [0.2, 0.25) is 0 Å². The summed E-state index contributed by atoms with van der Waals surface area (Å²) in [6, 6.07) is 4.67. The molecule has 2 N–H and O–H groups in total. The maximum absolute atomic E-state index is 12.8. The monoisotopic (exact) mass is 376 g/mol. The molecule has 7 heteroatoms. The smallest absolute Gasteiger partial charge is 0.243 e. The molecule has 0 amide bonds. The van der Waals surface area contributed by atoms with E-state index < -0.39 is 21.2 Å². The molecule has 1 aliphatic heterocycles. The number of nitrogens with zero attached hydrogens (tertiary/aromatic N) is 1. The van der Waals surface area contributed by atoms with E-state index in [4.69, 9.17) is 10.5 Å². The predicted molar refractivity (Wildman–Crippen MR) is 86.6 cm³/mol. The molecule has 1 aromatic carbocycles. The molecule has 1 aliphatic rings. The number of nitrogen functional groups attached to an aromatic ring is 1. The summed E-state index contributed by atoms with van der Waals surface area (Å²) in [6.45, 7) is 8.23. The van der Waals surface area contributed by atoms with Gasteiger partial charge in [0, 0.05) is 23.2 Å². The first-order valence-electron chi connectivity index (χ1n) is 6.68. The van der Waals surface area contributed by atoms with Crippen LogP contribution < -0.4 is 5.73 Å². The highest BCUT2D eigenvalue weighted by atomic mass is 79.9. The molecule has 0 saturated carbocycles. The molecule has 1 saturated heterocycles. The Labute approximate surface area is 134 Å². The maximum Gasteiger partial charge on any atom is 0.243 e. The number of hydrogen-bond acceptors (Lipinski definition) is 4. The largest absolute Gasteiger partial charge is 0.398 e. The van der Waals surface area contributed by atoms with E-state index in [0.29, 0.717) is 23.2 Å². The van der Waals surface area contributed by atoms with Gasteiger partial charge in [-0.1, -0.05) is 0 Å². The summed E-state index contributed by atoms with van der Waals surface area (Å²) in [5, 5.41) is 0. The molecule has 0 radical (unpaired) electrons. The van der Waals surface area contributed by atoms with Gasteiger partial charge in [0.2, 0.25) is 10.0 Å². The van der Waals surface area contributed by atoms with Crippen LogP contribution in [-0.4, -0.2) is 37.0 Å². The number of benzene rings is 1. The Hall–Kier alpha value is -0.630. The Morgan fingerprint density at radius 3 is 2.19 bits per heavy atom. The molecule has 1 aromatic rings. The summed E-state index contributed by atoms with van der Waals surface area (Å²) in [7, 11) is -3.58. The Balaban J connectivity index is 2.41. The first-order valence-corrected chi connectivity index (χ1v) is 8.92. The lowest BCUT2D eigenvalue weighted by atomic mass is 10.0. The molecular formula is C14H21BrN2O3S. The normalized spacial score (nSPS) is 22.1. The Morgan fingerprint density at radius 2 is 1.71 bits per heavy atom. The SMILES string of the molecule is CC1(C)CN(S(=O)(=O)c2ccc(N)c(Br)c2)CC(C)(C)O1. The predicted octanol–water partition coefficient (Wildman–Crippen LogP) is 2.61. The number of hydrogen-bond donors (Lipinski definition) is 1. The molecule has 21 heavy (non-hydrogen) atoms. The first kappa shape index (κ1) is 16.7. The van der Waals surface area contributed by atoms with Gasteiger partial charge < -0.3 is 10.5 Å². The molecule has 0 unspecified atom stereocenters. The molecule has 0 aromatic heterocycles. The molecule has 1 fully saturated rings. The lowest BCUT2D eigenvalue weighted by Gasteiger charge is -2.46. The summed E-state index contributed by atoms with van der Waals surface area (Å²) in [5.41, 5.74) is 5.18. The average Bonchev–Trinajstić information content (AvgIpc) is 2.28.